The second kappa shape index (κ2) is 7.37. The Morgan fingerprint density at radius 3 is 2.39 bits per heavy atom. The van der Waals surface area contributed by atoms with Crippen molar-refractivity contribution >= 4 is 22.6 Å². The molecule has 0 spiro atoms. The second-order valence-corrected chi connectivity index (χ2v) is 6.63. The van der Waals surface area contributed by atoms with Crippen molar-refractivity contribution in [1.82, 2.24) is 4.98 Å². The molecule has 1 heterocycles. The van der Waals surface area contributed by atoms with Gasteiger partial charge in [-0.2, -0.15) is 0 Å². The normalized spacial score (nSPS) is 11.8. The van der Waals surface area contributed by atoms with Crippen LogP contribution in [0, 0.1) is 6.92 Å². The number of hydrogen-bond donors (Lipinski definition) is 0. The topological polar surface area (TPSA) is 59.5 Å². The van der Waals surface area contributed by atoms with Crippen LogP contribution in [-0.4, -0.2) is 35.6 Å². The molecular formula is C17H20N2O3S. The number of aromatic nitrogens is 1. The number of carbonyl (C=O) groups excluding carboxylic acids is 1. The third kappa shape index (κ3) is 4.16. The van der Waals surface area contributed by atoms with E-state index < -0.39 is 10.8 Å². The minimum Gasteiger partial charge on any atom is -0.465 e. The number of ether oxygens (including phenoxy) is 1. The average molecular weight is 332 g/mol. The van der Waals surface area contributed by atoms with E-state index in [0.717, 1.165) is 16.3 Å². The molecule has 2 aromatic rings. The van der Waals surface area contributed by atoms with Gasteiger partial charge in [-0.3, -0.25) is 4.21 Å². The van der Waals surface area contributed by atoms with Gasteiger partial charge in [0.05, 0.1) is 18.4 Å². The molecule has 0 saturated carbocycles. The Hall–Kier alpha value is -2.21. The standard InChI is InChI=1S/C17H20N2O3S/c1-12-15(17(20)22-3)9-10-16(18-12)19(2)11-13-5-7-14(8-6-13)23(4)21/h5-10H,11H2,1-4H3. The van der Waals surface area contributed by atoms with Gasteiger partial charge in [0.1, 0.15) is 5.82 Å². The minimum atomic E-state index is -0.967. The fraction of sp³-hybridized carbons (Fsp3) is 0.294. The summed E-state index contributed by atoms with van der Waals surface area (Å²) >= 11 is 0. The Morgan fingerprint density at radius 2 is 1.87 bits per heavy atom. The van der Waals surface area contributed by atoms with Crippen molar-refractivity contribution in [2.45, 2.75) is 18.4 Å². The van der Waals surface area contributed by atoms with Crippen molar-refractivity contribution in [3.8, 4) is 0 Å². The van der Waals surface area contributed by atoms with Crippen molar-refractivity contribution < 1.29 is 13.7 Å². The van der Waals surface area contributed by atoms with Crippen LogP contribution in [0.5, 0.6) is 0 Å². The zero-order chi connectivity index (χ0) is 17.0. The molecule has 1 atom stereocenters. The summed E-state index contributed by atoms with van der Waals surface area (Å²) in [6.45, 7) is 2.45. The summed E-state index contributed by atoms with van der Waals surface area (Å²) in [5.41, 5.74) is 2.20. The molecule has 0 fully saturated rings. The highest BCUT2D eigenvalue weighted by Gasteiger charge is 2.12. The van der Waals surface area contributed by atoms with Crippen molar-refractivity contribution in [2.24, 2.45) is 0 Å². The first-order valence-electron chi connectivity index (χ1n) is 7.12. The van der Waals surface area contributed by atoms with E-state index in [2.05, 4.69) is 4.98 Å². The van der Waals surface area contributed by atoms with E-state index in [1.165, 1.54) is 7.11 Å². The highest BCUT2D eigenvalue weighted by molar-refractivity contribution is 7.84. The molecule has 1 aromatic carbocycles. The third-order valence-electron chi connectivity index (χ3n) is 3.54. The van der Waals surface area contributed by atoms with Crippen LogP contribution in [-0.2, 0) is 22.1 Å². The van der Waals surface area contributed by atoms with E-state index in [4.69, 9.17) is 4.74 Å². The number of pyridine rings is 1. The van der Waals surface area contributed by atoms with E-state index in [-0.39, 0.29) is 5.97 Å². The molecule has 0 aliphatic rings. The van der Waals surface area contributed by atoms with E-state index in [9.17, 15) is 9.00 Å². The second-order valence-electron chi connectivity index (χ2n) is 5.25. The van der Waals surface area contributed by atoms with Gasteiger partial charge in [-0.1, -0.05) is 12.1 Å². The Kier molecular flexibility index (Phi) is 5.50. The lowest BCUT2D eigenvalue weighted by atomic mass is 10.2. The molecule has 0 saturated heterocycles. The van der Waals surface area contributed by atoms with Crippen molar-refractivity contribution in [3.63, 3.8) is 0 Å². The predicted octanol–water partition coefficient (Wildman–Crippen LogP) is 2.55. The fourth-order valence-corrected chi connectivity index (χ4v) is 2.75. The molecule has 0 aliphatic carbocycles. The smallest absolute Gasteiger partial charge is 0.339 e. The molecule has 0 aliphatic heterocycles. The maximum atomic E-state index is 11.6. The number of anilines is 1. The van der Waals surface area contributed by atoms with Gasteiger partial charge in [0.2, 0.25) is 0 Å². The summed E-state index contributed by atoms with van der Waals surface area (Å²) in [6, 6.07) is 11.2. The quantitative estimate of drug-likeness (QED) is 0.788. The van der Waals surface area contributed by atoms with Crippen LogP contribution < -0.4 is 4.90 Å². The summed E-state index contributed by atoms with van der Waals surface area (Å²) in [6.07, 6.45) is 1.66. The minimum absolute atomic E-state index is 0.382. The van der Waals surface area contributed by atoms with Gasteiger partial charge in [0.25, 0.3) is 0 Å². The maximum Gasteiger partial charge on any atom is 0.339 e. The summed E-state index contributed by atoms with van der Waals surface area (Å²) in [5.74, 6) is 0.394. The molecule has 0 radical (unpaired) electrons. The van der Waals surface area contributed by atoms with E-state index >= 15 is 0 Å². The van der Waals surface area contributed by atoms with Crippen LogP contribution in [0.4, 0.5) is 5.82 Å². The van der Waals surface area contributed by atoms with E-state index in [0.29, 0.717) is 17.8 Å². The van der Waals surface area contributed by atoms with Gasteiger partial charge in [-0.25, -0.2) is 9.78 Å². The molecule has 0 N–H and O–H groups in total. The summed E-state index contributed by atoms with van der Waals surface area (Å²) in [4.78, 5) is 18.9. The van der Waals surface area contributed by atoms with E-state index in [1.807, 2.05) is 36.2 Å². The lowest BCUT2D eigenvalue weighted by Crippen LogP contribution is -2.18. The lowest BCUT2D eigenvalue weighted by Gasteiger charge is -2.19. The van der Waals surface area contributed by atoms with E-state index in [1.54, 1.807) is 25.3 Å². The largest absolute Gasteiger partial charge is 0.465 e. The molecular weight excluding hydrogens is 312 g/mol. The average Bonchev–Trinajstić information content (AvgIpc) is 2.54. The number of carbonyl (C=O) groups is 1. The van der Waals surface area contributed by atoms with Crippen LogP contribution in [0.25, 0.3) is 0 Å². The summed E-state index contributed by atoms with van der Waals surface area (Å²) < 4.78 is 16.1. The lowest BCUT2D eigenvalue weighted by molar-refractivity contribution is 0.0599. The summed E-state index contributed by atoms with van der Waals surface area (Å²) in [5, 5.41) is 0. The van der Waals surface area contributed by atoms with Gasteiger partial charge < -0.3 is 9.64 Å². The zero-order valence-corrected chi connectivity index (χ0v) is 14.5. The van der Waals surface area contributed by atoms with Crippen molar-refractivity contribution in [2.75, 3.05) is 25.3 Å². The van der Waals surface area contributed by atoms with Crippen molar-refractivity contribution in [3.05, 3.63) is 53.2 Å². The van der Waals surface area contributed by atoms with Gasteiger partial charge in [-0.15, -0.1) is 0 Å². The molecule has 6 heteroatoms. The zero-order valence-electron chi connectivity index (χ0n) is 13.7. The number of rotatable bonds is 5. The predicted molar refractivity (Wildman–Crippen MR) is 91.2 cm³/mol. The Bertz CT molecular complexity index is 729. The van der Waals surface area contributed by atoms with Crippen LogP contribution in [0.1, 0.15) is 21.6 Å². The first-order valence-corrected chi connectivity index (χ1v) is 8.67. The Morgan fingerprint density at radius 1 is 1.22 bits per heavy atom. The Labute approximate surface area is 138 Å². The number of methoxy groups -OCH3 is 1. The first-order chi connectivity index (χ1) is 10.9. The van der Waals surface area contributed by atoms with Crippen molar-refractivity contribution in [1.29, 1.82) is 0 Å². The van der Waals surface area contributed by atoms with Gasteiger partial charge >= 0.3 is 5.97 Å². The Balaban J connectivity index is 2.14. The SMILES string of the molecule is COC(=O)c1ccc(N(C)Cc2ccc(S(C)=O)cc2)nc1C. The maximum absolute atomic E-state index is 11.6. The van der Waals surface area contributed by atoms with Crippen LogP contribution in [0.3, 0.4) is 0 Å². The molecule has 2 rings (SSSR count). The van der Waals surface area contributed by atoms with Crippen LogP contribution in [0.2, 0.25) is 0 Å². The molecule has 23 heavy (non-hydrogen) atoms. The third-order valence-corrected chi connectivity index (χ3v) is 4.48. The number of esters is 1. The van der Waals surface area contributed by atoms with Crippen LogP contribution in [0.15, 0.2) is 41.3 Å². The monoisotopic (exact) mass is 332 g/mol. The molecule has 122 valence electrons. The molecule has 5 nitrogen and oxygen atoms in total. The number of aryl methyl sites for hydroxylation is 1. The van der Waals surface area contributed by atoms with Gasteiger partial charge in [0, 0.05) is 35.5 Å². The fourth-order valence-electron chi connectivity index (χ4n) is 2.23. The first kappa shape index (κ1) is 17.1. The summed E-state index contributed by atoms with van der Waals surface area (Å²) in [7, 11) is 2.33. The molecule has 1 unspecified atom stereocenters. The van der Waals surface area contributed by atoms with Crippen LogP contribution >= 0.6 is 0 Å². The highest BCUT2D eigenvalue weighted by Crippen LogP contribution is 2.17. The molecule has 0 amide bonds. The molecule has 0 bridgehead atoms. The number of benzene rings is 1. The number of hydrogen-bond acceptors (Lipinski definition) is 5. The highest BCUT2D eigenvalue weighted by atomic mass is 32.2. The van der Waals surface area contributed by atoms with Gasteiger partial charge in [0.15, 0.2) is 0 Å². The van der Waals surface area contributed by atoms with Gasteiger partial charge in [-0.05, 0) is 36.8 Å². The molecule has 1 aromatic heterocycles. The number of nitrogens with zero attached hydrogens (tertiary/aromatic N) is 2.